The average Bonchev–Trinajstić information content (AvgIpc) is 2.55. The van der Waals surface area contributed by atoms with Gasteiger partial charge in [-0.3, -0.25) is 0 Å². The van der Waals surface area contributed by atoms with E-state index in [-0.39, 0.29) is 12.3 Å². The first-order valence-electron chi connectivity index (χ1n) is 4.34. The van der Waals surface area contributed by atoms with Crippen LogP contribution in [-0.2, 0) is 9.47 Å². The molecule has 0 aromatic carbocycles. The Morgan fingerprint density at radius 3 is 2.56 bits per heavy atom. The predicted molar refractivity (Wildman–Crippen MR) is 63.6 cm³/mol. The largest absolute Gasteiger partial charge is 0.461 e. The van der Waals surface area contributed by atoms with Crippen molar-refractivity contribution in [3.63, 3.8) is 0 Å². The maximum absolute atomic E-state index is 11.6. The van der Waals surface area contributed by atoms with Crippen LogP contribution in [0.1, 0.15) is 17.4 Å². The molecule has 16 heavy (non-hydrogen) atoms. The van der Waals surface area contributed by atoms with E-state index in [1.54, 1.807) is 6.92 Å². The number of hydrogen-bond donors (Lipinski definition) is 0. The van der Waals surface area contributed by atoms with Crippen LogP contribution in [0.15, 0.2) is 15.1 Å². The minimum absolute atomic E-state index is 0.0978. The minimum atomic E-state index is -0.658. The molecule has 1 heterocycles. The molecule has 0 spiro atoms. The fourth-order valence-corrected chi connectivity index (χ4v) is 1.93. The quantitative estimate of drug-likeness (QED) is 0.766. The Morgan fingerprint density at radius 1 is 1.44 bits per heavy atom. The van der Waals surface area contributed by atoms with Crippen molar-refractivity contribution < 1.29 is 19.1 Å². The molecular formula is C9H9Br2NO4. The highest BCUT2D eigenvalue weighted by Crippen LogP contribution is 2.29. The molecule has 0 saturated heterocycles. The van der Waals surface area contributed by atoms with Crippen LogP contribution < -0.4 is 0 Å². The lowest BCUT2D eigenvalue weighted by molar-refractivity contribution is 0.0511. The van der Waals surface area contributed by atoms with Crippen molar-refractivity contribution in [1.29, 1.82) is 0 Å². The first-order valence-corrected chi connectivity index (χ1v) is 5.93. The molecule has 0 saturated carbocycles. The molecule has 0 aliphatic carbocycles. The molecule has 7 heteroatoms. The zero-order chi connectivity index (χ0) is 12.3. The standard InChI is InChI=1S/C9H9Br2NO4/c1-3-16-8(13)7-6(11)5(10)4-12(7)9(14)15-2/h4H,3H2,1-2H3. The summed E-state index contributed by atoms with van der Waals surface area (Å²) in [6.07, 6.45) is 0.775. The second kappa shape index (κ2) is 5.49. The van der Waals surface area contributed by atoms with Gasteiger partial charge in [-0.25, -0.2) is 14.2 Å². The van der Waals surface area contributed by atoms with Gasteiger partial charge in [0.1, 0.15) is 0 Å². The molecule has 1 rings (SSSR count). The average molecular weight is 355 g/mol. The van der Waals surface area contributed by atoms with E-state index in [0.717, 1.165) is 4.57 Å². The first kappa shape index (κ1) is 13.2. The third-order valence-electron chi connectivity index (χ3n) is 1.74. The van der Waals surface area contributed by atoms with Gasteiger partial charge in [0.25, 0.3) is 0 Å². The fraction of sp³-hybridized carbons (Fsp3) is 0.333. The normalized spacial score (nSPS) is 10.0. The summed E-state index contributed by atoms with van der Waals surface area (Å²) in [5, 5.41) is 0. The topological polar surface area (TPSA) is 57.5 Å². The summed E-state index contributed by atoms with van der Waals surface area (Å²) in [7, 11) is 1.24. The molecule has 88 valence electrons. The van der Waals surface area contributed by atoms with Gasteiger partial charge in [0.05, 0.1) is 22.7 Å². The summed E-state index contributed by atoms with van der Waals surface area (Å²) < 4.78 is 11.5. The number of hydrogen-bond acceptors (Lipinski definition) is 4. The zero-order valence-corrected chi connectivity index (χ0v) is 11.8. The molecule has 1 aromatic heterocycles. The van der Waals surface area contributed by atoms with Crippen molar-refractivity contribution in [3.05, 3.63) is 20.8 Å². The SMILES string of the molecule is CCOC(=O)c1c(Br)c(Br)cn1C(=O)OC. The van der Waals surface area contributed by atoms with Crippen LogP contribution in [0.2, 0.25) is 0 Å². The highest BCUT2D eigenvalue weighted by molar-refractivity contribution is 9.13. The number of methoxy groups -OCH3 is 1. The molecule has 0 fully saturated rings. The Morgan fingerprint density at radius 2 is 2.06 bits per heavy atom. The van der Waals surface area contributed by atoms with E-state index in [4.69, 9.17) is 4.74 Å². The van der Waals surface area contributed by atoms with Gasteiger partial charge < -0.3 is 9.47 Å². The van der Waals surface area contributed by atoms with Crippen molar-refractivity contribution in [2.45, 2.75) is 6.92 Å². The van der Waals surface area contributed by atoms with Crippen LogP contribution in [0.4, 0.5) is 4.79 Å². The van der Waals surface area contributed by atoms with Crippen molar-refractivity contribution >= 4 is 43.9 Å². The van der Waals surface area contributed by atoms with E-state index < -0.39 is 12.1 Å². The van der Waals surface area contributed by atoms with Crippen LogP contribution in [0, 0.1) is 0 Å². The number of nitrogens with zero attached hydrogens (tertiary/aromatic N) is 1. The zero-order valence-electron chi connectivity index (χ0n) is 8.62. The third-order valence-corrected chi connectivity index (χ3v) is 3.68. The molecule has 1 aromatic rings. The monoisotopic (exact) mass is 353 g/mol. The Bertz CT molecular complexity index is 427. The Balaban J connectivity index is 3.24. The van der Waals surface area contributed by atoms with E-state index in [9.17, 15) is 9.59 Å². The van der Waals surface area contributed by atoms with E-state index >= 15 is 0 Å². The van der Waals surface area contributed by atoms with Gasteiger partial charge in [0, 0.05) is 6.20 Å². The maximum Gasteiger partial charge on any atom is 0.418 e. The number of esters is 1. The third kappa shape index (κ3) is 2.46. The van der Waals surface area contributed by atoms with Gasteiger partial charge in [-0.2, -0.15) is 0 Å². The molecule has 0 aliphatic rings. The summed E-state index contributed by atoms with van der Waals surface area (Å²) in [4.78, 5) is 23.0. The van der Waals surface area contributed by atoms with Gasteiger partial charge in [0.15, 0.2) is 5.69 Å². The molecule has 0 N–H and O–H groups in total. The second-order valence-corrected chi connectivity index (χ2v) is 4.35. The van der Waals surface area contributed by atoms with Crippen LogP contribution >= 0.6 is 31.9 Å². The lowest BCUT2D eigenvalue weighted by Crippen LogP contribution is -2.18. The lowest BCUT2D eigenvalue weighted by atomic mass is 10.4. The smallest absolute Gasteiger partial charge is 0.418 e. The van der Waals surface area contributed by atoms with E-state index in [2.05, 4.69) is 36.6 Å². The maximum atomic E-state index is 11.6. The van der Waals surface area contributed by atoms with Gasteiger partial charge in [-0.15, -0.1) is 0 Å². The Kier molecular flexibility index (Phi) is 4.55. The molecular weight excluding hydrogens is 346 g/mol. The highest BCUT2D eigenvalue weighted by atomic mass is 79.9. The Hall–Kier alpha value is -0.820. The molecule has 5 nitrogen and oxygen atoms in total. The number of ether oxygens (including phenoxy) is 2. The number of aromatic nitrogens is 1. The van der Waals surface area contributed by atoms with E-state index in [1.807, 2.05) is 0 Å². The fourth-order valence-electron chi connectivity index (χ4n) is 1.08. The van der Waals surface area contributed by atoms with Crippen LogP contribution in [0.5, 0.6) is 0 Å². The number of carbonyl (C=O) groups is 2. The molecule has 0 unspecified atom stereocenters. The molecule has 0 amide bonds. The van der Waals surface area contributed by atoms with Crippen LogP contribution in [0.3, 0.4) is 0 Å². The highest BCUT2D eigenvalue weighted by Gasteiger charge is 2.24. The number of rotatable bonds is 2. The summed E-state index contributed by atoms with van der Waals surface area (Å²) in [5.74, 6) is -0.592. The molecule has 0 bridgehead atoms. The summed E-state index contributed by atoms with van der Waals surface area (Å²) in [6.45, 7) is 1.92. The van der Waals surface area contributed by atoms with Gasteiger partial charge >= 0.3 is 12.1 Å². The lowest BCUT2D eigenvalue weighted by Gasteiger charge is -2.05. The van der Waals surface area contributed by atoms with Crippen molar-refractivity contribution in [2.24, 2.45) is 0 Å². The van der Waals surface area contributed by atoms with Gasteiger partial charge in [-0.1, -0.05) is 0 Å². The van der Waals surface area contributed by atoms with Crippen LogP contribution in [0.25, 0.3) is 0 Å². The second-order valence-electron chi connectivity index (χ2n) is 2.70. The summed E-state index contributed by atoms with van der Waals surface area (Å²) in [5.41, 5.74) is 0.0978. The van der Waals surface area contributed by atoms with Crippen molar-refractivity contribution in [2.75, 3.05) is 13.7 Å². The summed E-state index contributed by atoms with van der Waals surface area (Å²) in [6, 6.07) is 0. The van der Waals surface area contributed by atoms with Gasteiger partial charge in [-0.05, 0) is 38.8 Å². The van der Waals surface area contributed by atoms with E-state index in [1.165, 1.54) is 13.3 Å². The first-order chi connectivity index (χ1) is 7.52. The molecule has 0 aliphatic heterocycles. The number of carbonyl (C=O) groups excluding carboxylic acids is 2. The van der Waals surface area contributed by atoms with Gasteiger partial charge in [0.2, 0.25) is 0 Å². The van der Waals surface area contributed by atoms with Crippen molar-refractivity contribution in [1.82, 2.24) is 4.57 Å². The minimum Gasteiger partial charge on any atom is -0.461 e. The van der Waals surface area contributed by atoms with Crippen LogP contribution in [-0.4, -0.2) is 30.3 Å². The molecule has 0 atom stereocenters. The van der Waals surface area contributed by atoms with E-state index in [0.29, 0.717) is 8.95 Å². The predicted octanol–water partition coefficient (Wildman–Crippen LogP) is 2.80. The Labute approximate surface area is 109 Å². The van der Waals surface area contributed by atoms with Crippen molar-refractivity contribution in [3.8, 4) is 0 Å². The summed E-state index contributed by atoms with van der Waals surface area (Å²) >= 11 is 6.39. The number of halogens is 2. The molecule has 0 radical (unpaired) electrons.